The molecule has 2 aromatic rings. The molecule has 6 heteroatoms. The summed E-state index contributed by atoms with van der Waals surface area (Å²) < 4.78 is 5.59. The van der Waals surface area contributed by atoms with Gasteiger partial charge in [-0.2, -0.15) is 5.10 Å². The van der Waals surface area contributed by atoms with Crippen molar-refractivity contribution in [3.63, 3.8) is 0 Å². The largest absolute Gasteiger partial charge is 0.467 e. The lowest BCUT2D eigenvalue weighted by Gasteiger charge is -2.31. The molecule has 0 bridgehead atoms. The molecule has 0 spiro atoms. The molecule has 2 aliphatic heterocycles. The monoisotopic (exact) mass is 357 g/mol. The maximum Gasteiger partial charge on any atom is 0.257 e. The van der Waals surface area contributed by atoms with Crippen molar-refractivity contribution in [1.29, 1.82) is 0 Å². The molecule has 25 heavy (non-hydrogen) atoms. The van der Waals surface area contributed by atoms with Crippen molar-refractivity contribution in [3.8, 4) is 0 Å². The summed E-state index contributed by atoms with van der Waals surface area (Å²) in [5, 5.41) is 8.36. The Morgan fingerprint density at radius 2 is 2.16 bits per heavy atom. The number of thiophene rings is 1. The molecular formula is C19H23N3O2S. The molecule has 1 unspecified atom stereocenters. The zero-order chi connectivity index (χ0) is 17.2. The molecule has 0 aliphatic carbocycles. The third-order valence-corrected chi connectivity index (χ3v) is 6.00. The molecule has 5 nitrogen and oxygen atoms in total. The van der Waals surface area contributed by atoms with Crippen LogP contribution in [0.25, 0.3) is 0 Å². The standard InChI is InChI=1S/C19H23N3O2S/c1-14-6-8-21(9-7-14)13-19(23)22-16(17-4-2-10-24-17)12-15(20-22)18-5-3-11-25-18/h2-5,10-11,14,16H,6-9,12-13H2,1H3. The number of hydrazone groups is 1. The molecule has 0 aromatic carbocycles. The highest BCUT2D eigenvalue weighted by Crippen LogP contribution is 2.34. The second-order valence-electron chi connectivity index (χ2n) is 6.96. The molecule has 1 saturated heterocycles. The zero-order valence-electron chi connectivity index (χ0n) is 14.4. The van der Waals surface area contributed by atoms with Crippen LogP contribution in [0.1, 0.15) is 42.9 Å². The number of amides is 1. The molecular weight excluding hydrogens is 334 g/mol. The first-order valence-electron chi connectivity index (χ1n) is 8.90. The van der Waals surface area contributed by atoms with Crippen LogP contribution in [0.5, 0.6) is 0 Å². The molecule has 0 radical (unpaired) electrons. The van der Waals surface area contributed by atoms with Crippen LogP contribution in [-0.2, 0) is 4.79 Å². The van der Waals surface area contributed by atoms with Crippen molar-refractivity contribution in [1.82, 2.24) is 9.91 Å². The van der Waals surface area contributed by atoms with Crippen molar-refractivity contribution in [2.75, 3.05) is 19.6 Å². The molecule has 2 aliphatic rings. The normalized spacial score (nSPS) is 22.4. The number of hydrogen-bond donors (Lipinski definition) is 0. The maximum atomic E-state index is 13.0. The summed E-state index contributed by atoms with van der Waals surface area (Å²) in [4.78, 5) is 16.3. The molecule has 1 fully saturated rings. The molecule has 1 amide bonds. The van der Waals surface area contributed by atoms with E-state index in [0.29, 0.717) is 13.0 Å². The Labute approximate surface area is 151 Å². The summed E-state index contributed by atoms with van der Waals surface area (Å²) in [7, 11) is 0. The van der Waals surface area contributed by atoms with Gasteiger partial charge in [-0.15, -0.1) is 11.3 Å². The lowest BCUT2D eigenvalue weighted by molar-refractivity contribution is -0.134. The number of carbonyl (C=O) groups is 1. The quantitative estimate of drug-likeness (QED) is 0.837. The van der Waals surface area contributed by atoms with E-state index in [9.17, 15) is 4.79 Å². The van der Waals surface area contributed by atoms with Gasteiger partial charge in [0.25, 0.3) is 5.91 Å². The molecule has 1 atom stereocenters. The van der Waals surface area contributed by atoms with E-state index in [4.69, 9.17) is 4.42 Å². The zero-order valence-corrected chi connectivity index (χ0v) is 15.2. The Kier molecular flexibility index (Phi) is 4.72. The Morgan fingerprint density at radius 3 is 2.84 bits per heavy atom. The Balaban J connectivity index is 1.52. The van der Waals surface area contributed by atoms with E-state index in [0.717, 1.165) is 35.4 Å². The maximum absolute atomic E-state index is 13.0. The average molecular weight is 357 g/mol. The summed E-state index contributed by atoms with van der Waals surface area (Å²) >= 11 is 1.66. The Bertz CT molecular complexity index is 731. The minimum absolute atomic E-state index is 0.0579. The number of hydrogen-bond acceptors (Lipinski definition) is 5. The molecule has 132 valence electrons. The van der Waals surface area contributed by atoms with Crippen molar-refractivity contribution in [3.05, 3.63) is 46.5 Å². The molecule has 4 rings (SSSR count). The molecule has 4 heterocycles. The summed E-state index contributed by atoms with van der Waals surface area (Å²) in [5.41, 5.74) is 0.969. The molecule has 0 saturated carbocycles. The van der Waals surface area contributed by atoms with Crippen LogP contribution in [0.4, 0.5) is 0 Å². The highest BCUT2D eigenvalue weighted by molar-refractivity contribution is 7.12. The number of piperidine rings is 1. The fourth-order valence-corrected chi connectivity index (χ4v) is 4.24. The van der Waals surface area contributed by atoms with Crippen molar-refractivity contribution >= 4 is 23.0 Å². The summed E-state index contributed by atoms with van der Waals surface area (Å²) in [6, 6.07) is 7.74. The first kappa shape index (κ1) is 16.5. The van der Waals surface area contributed by atoms with E-state index < -0.39 is 0 Å². The van der Waals surface area contributed by atoms with E-state index >= 15 is 0 Å². The number of nitrogens with zero attached hydrogens (tertiary/aromatic N) is 3. The van der Waals surface area contributed by atoms with E-state index in [1.165, 1.54) is 12.8 Å². The van der Waals surface area contributed by atoms with Gasteiger partial charge in [0.15, 0.2) is 0 Å². The SMILES string of the molecule is CC1CCN(CC(=O)N2N=C(c3cccs3)CC2c2ccco2)CC1. The predicted molar refractivity (Wildman–Crippen MR) is 98.6 cm³/mol. The topological polar surface area (TPSA) is 49.1 Å². The number of rotatable bonds is 4. The third kappa shape index (κ3) is 3.55. The summed E-state index contributed by atoms with van der Waals surface area (Å²) in [6.07, 6.45) is 4.70. The van der Waals surface area contributed by atoms with E-state index in [1.54, 1.807) is 22.6 Å². The van der Waals surface area contributed by atoms with Crippen molar-refractivity contribution in [2.24, 2.45) is 11.0 Å². The minimum atomic E-state index is -0.136. The number of furan rings is 1. The first-order chi connectivity index (χ1) is 12.2. The molecule has 2 aromatic heterocycles. The second-order valence-corrected chi connectivity index (χ2v) is 7.90. The number of likely N-dealkylation sites (tertiary alicyclic amines) is 1. The fraction of sp³-hybridized carbons (Fsp3) is 0.474. The van der Waals surface area contributed by atoms with Crippen LogP contribution < -0.4 is 0 Å². The van der Waals surface area contributed by atoms with E-state index in [-0.39, 0.29) is 11.9 Å². The predicted octanol–water partition coefficient (Wildman–Crippen LogP) is 3.75. The minimum Gasteiger partial charge on any atom is -0.467 e. The van der Waals surface area contributed by atoms with Crippen LogP contribution >= 0.6 is 11.3 Å². The smallest absolute Gasteiger partial charge is 0.257 e. The Morgan fingerprint density at radius 1 is 1.32 bits per heavy atom. The van der Waals surface area contributed by atoms with Gasteiger partial charge in [0.1, 0.15) is 11.8 Å². The van der Waals surface area contributed by atoms with E-state index in [2.05, 4.69) is 23.0 Å². The van der Waals surface area contributed by atoms with Gasteiger partial charge in [-0.05, 0) is 55.4 Å². The lowest BCUT2D eigenvalue weighted by Crippen LogP contribution is -2.41. The van der Waals surface area contributed by atoms with Gasteiger partial charge in [-0.25, -0.2) is 5.01 Å². The average Bonchev–Trinajstić information content (AvgIpc) is 3.36. The van der Waals surface area contributed by atoms with Crippen LogP contribution in [0.15, 0.2) is 45.4 Å². The van der Waals surface area contributed by atoms with Gasteiger partial charge in [-0.3, -0.25) is 9.69 Å². The van der Waals surface area contributed by atoms with Gasteiger partial charge in [0.05, 0.1) is 23.4 Å². The Hall–Kier alpha value is -1.92. The highest BCUT2D eigenvalue weighted by Gasteiger charge is 2.35. The van der Waals surface area contributed by atoms with Gasteiger partial charge in [-0.1, -0.05) is 13.0 Å². The van der Waals surface area contributed by atoms with Crippen LogP contribution in [0, 0.1) is 5.92 Å². The van der Waals surface area contributed by atoms with Gasteiger partial charge < -0.3 is 4.42 Å². The lowest BCUT2D eigenvalue weighted by atomic mass is 9.99. The second kappa shape index (κ2) is 7.14. The van der Waals surface area contributed by atoms with Crippen LogP contribution in [0.3, 0.4) is 0 Å². The van der Waals surface area contributed by atoms with Crippen molar-refractivity contribution in [2.45, 2.75) is 32.2 Å². The van der Waals surface area contributed by atoms with Crippen LogP contribution in [-0.4, -0.2) is 41.2 Å². The summed E-state index contributed by atoms with van der Waals surface area (Å²) in [6.45, 7) is 4.70. The molecule has 0 N–H and O–H groups in total. The fourth-order valence-electron chi connectivity index (χ4n) is 3.52. The highest BCUT2D eigenvalue weighted by atomic mass is 32.1. The van der Waals surface area contributed by atoms with Crippen LogP contribution in [0.2, 0.25) is 0 Å². The number of carbonyl (C=O) groups excluding carboxylic acids is 1. The first-order valence-corrected chi connectivity index (χ1v) is 9.78. The van der Waals surface area contributed by atoms with Gasteiger partial charge >= 0.3 is 0 Å². The van der Waals surface area contributed by atoms with Gasteiger partial charge in [0, 0.05) is 6.42 Å². The van der Waals surface area contributed by atoms with E-state index in [1.807, 2.05) is 23.6 Å². The summed E-state index contributed by atoms with van der Waals surface area (Å²) in [5.74, 6) is 1.62. The van der Waals surface area contributed by atoms with Crippen molar-refractivity contribution < 1.29 is 9.21 Å². The third-order valence-electron chi connectivity index (χ3n) is 5.08. The van der Waals surface area contributed by atoms with Gasteiger partial charge in [0.2, 0.25) is 0 Å².